The van der Waals surface area contributed by atoms with E-state index >= 15 is 0 Å². The lowest BCUT2D eigenvalue weighted by Gasteiger charge is -2.17. The number of nitrogens with two attached hydrogens (primary N) is 1. The fraction of sp³-hybridized carbons (Fsp3) is 0.909. The Morgan fingerprint density at radius 1 is 1.36 bits per heavy atom. The second-order valence-corrected chi connectivity index (χ2v) is 3.96. The van der Waals surface area contributed by atoms with Gasteiger partial charge in [0.05, 0.1) is 12.5 Å². The summed E-state index contributed by atoms with van der Waals surface area (Å²) in [4.78, 5) is 11.5. The molecule has 0 saturated carbocycles. The lowest BCUT2D eigenvalue weighted by atomic mass is 9.96. The molecule has 0 aliphatic rings. The molecule has 0 bridgehead atoms. The van der Waals surface area contributed by atoms with E-state index in [0.717, 1.165) is 19.3 Å². The van der Waals surface area contributed by atoms with Crippen molar-refractivity contribution in [3.63, 3.8) is 0 Å². The molecule has 0 fully saturated rings. The molecule has 0 aromatic carbocycles. The van der Waals surface area contributed by atoms with E-state index in [9.17, 15) is 4.79 Å². The van der Waals surface area contributed by atoms with E-state index in [1.807, 2.05) is 13.8 Å². The van der Waals surface area contributed by atoms with Crippen molar-refractivity contribution in [3.05, 3.63) is 0 Å². The van der Waals surface area contributed by atoms with Gasteiger partial charge in [0.15, 0.2) is 0 Å². The van der Waals surface area contributed by atoms with Gasteiger partial charge in [-0.15, -0.1) is 0 Å². The first kappa shape index (κ1) is 13.4. The maximum absolute atomic E-state index is 11.5. The molecule has 0 aliphatic heterocycles. The Bertz CT molecular complexity index is 157. The van der Waals surface area contributed by atoms with Crippen LogP contribution in [0.1, 0.15) is 40.0 Å². The average molecular weight is 201 g/mol. The molecule has 1 unspecified atom stereocenters. The molecule has 84 valence electrons. The minimum atomic E-state index is -0.142. The second kappa shape index (κ2) is 7.80. The van der Waals surface area contributed by atoms with E-state index in [-0.39, 0.29) is 17.8 Å². The van der Waals surface area contributed by atoms with Gasteiger partial charge in [0, 0.05) is 6.54 Å². The van der Waals surface area contributed by atoms with E-state index in [1.54, 1.807) is 0 Å². The van der Waals surface area contributed by atoms with Crippen molar-refractivity contribution < 1.29 is 9.53 Å². The normalized spacial score (nSPS) is 12.9. The molecule has 1 atom stereocenters. The smallest absolute Gasteiger partial charge is 0.310 e. The third-order valence-corrected chi connectivity index (χ3v) is 2.35. The van der Waals surface area contributed by atoms with E-state index < -0.39 is 0 Å². The molecule has 14 heavy (non-hydrogen) atoms. The molecule has 0 radical (unpaired) electrons. The molecule has 0 spiro atoms. The fourth-order valence-electron chi connectivity index (χ4n) is 1.27. The van der Waals surface area contributed by atoms with Gasteiger partial charge in [-0.05, 0) is 12.3 Å². The molecular formula is C11H23NO2. The Morgan fingerprint density at radius 2 is 2.00 bits per heavy atom. The van der Waals surface area contributed by atoms with E-state index in [0.29, 0.717) is 13.2 Å². The van der Waals surface area contributed by atoms with Crippen molar-refractivity contribution in [1.29, 1.82) is 0 Å². The Labute approximate surface area is 87.0 Å². The lowest BCUT2D eigenvalue weighted by Crippen LogP contribution is -2.30. The summed E-state index contributed by atoms with van der Waals surface area (Å²) in [5.74, 6) is -0.0195. The van der Waals surface area contributed by atoms with Gasteiger partial charge in [0.25, 0.3) is 0 Å². The Balaban J connectivity index is 3.70. The number of carbonyl (C=O) groups excluding carboxylic acids is 1. The van der Waals surface area contributed by atoms with Crippen LogP contribution in [-0.2, 0) is 9.53 Å². The van der Waals surface area contributed by atoms with Crippen LogP contribution in [0.3, 0.4) is 0 Å². The third kappa shape index (κ3) is 5.22. The topological polar surface area (TPSA) is 52.3 Å². The van der Waals surface area contributed by atoms with Crippen LogP contribution in [0.25, 0.3) is 0 Å². The molecule has 0 aliphatic carbocycles. The van der Waals surface area contributed by atoms with Crippen LogP contribution < -0.4 is 5.73 Å². The zero-order chi connectivity index (χ0) is 11.0. The summed E-state index contributed by atoms with van der Waals surface area (Å²) in [6, 6.07) is 0. The van der Waals surface area contributed by atoms with Crippen molar-refractivity contribution in [2.45, 2.75) is 40.0 Å². The second-order valence-electron chi connectivity index (χ2n) is 3.96. The largest absolute Gasteiger partial charge is 0.465 e. The van der Waals surface area contributed by atoms with Gasteiger partial charge in [0.2, 0.25) is 0 Å². The molecular weight excluding hydrogens is 178 g/mol. The van der Waals surface area contributed by atoms with Crippen LogP contribution in [0, 0.1) is 11.8 Å². The zero-order valence-electron chi connectivity index (χ0n) is 9.58. The maximum Gasteiger partial charge on any atom is 0.310 e. The highest BCUT2D eigenvalue weighted by atomic mass is 16.5. The predicted molar refractivity (Wildman–Crippen MR) is 57.9 cm³/mol. The summed E-state index contributed by atoms with van der Waals surface area (Å²) in [6.07, 6.45) is 3.21. The summed E-state index contributed by atoms with van der Waals surface area (Å²) < 4.78 is 5.14. The molecule has 0 aromatic rings. The van der Waals surface area contributed by atoms with Gasteiger partial charge >= 0.3 is 5.97 Å². The van der Waals surface area contributed by atoms with Gasteiger partial charge in [-0.25, -0.2) is 0 Å². The molecule has 0 heterocycles. The number of unbranched alkanes of at least 4 members (excludes halogenated alkanes) is 2. The highest BCUT2D eigenvalue weighted by Crippen LogP contribution is 2.11. The summed E-state index contributed by atoms with van der Waals surface area (Å²) in [5, 5.41) is 0. The highest BCUT2D eigenvalue weighted by Gasteiger charge is 2.21. The van der Waals surface area contributed by atoms with Gasteiger partial charge in [0.1, 0.15) is 0 Å². The van der Waals surface area contributed by atoms with Crippen LogP contribution in [0.4, 0.5) is 0 Å². The maximum atomic E-state index is 11.5. The van der Waals surface area contributed by atoms with Crippen LogP contribution in [0.5, 0.6) is 0 Å². The van der Waals surface area contributed by atoms with Crippen molar-refractivity contribution >= 4 is 5.97 Å². The van der Waals surface area contributed by atoms with Gasteiger partial charge in [-0.3, -0.25) is 4.79 Å². The number of esters is 1. The first-order valence-corrected chi connectivity index (χ1v) is 5.50. The van der Waals surface area contributed by atoms with Gasteiger partial charge in [-0.2, -0.15) is 0 Å². The standard InChI is InChI=1S/C11H23NO2/c1-4-5-6-7-14-11(13)10(8-12)9(2)3/h9-10H,4-8,12H2,1-3H3. The van der Waals surface area contributed by atoms with Gasteiger partial charge in [-0.1, -0.05) is 33.6 Å². The summed E-state index contributed by atoms with van der Waals surface area (Å²) in [7, 11) is 0. The van der Waals surface area contributed by atoms with Crippen molar-refractivity contribution in [3.8, 4) is 0 Å². The minimum absolute atomic E-state index is 0.140. The molecule has 3 heteroatoms. The van der Waals surface area contributed by atoms with Crippen LogP contribution in [0.15, 0.2) is 0 Å². The molecule has 2 N–H and O–H groups in total. The lowest BCUT2D eigenvalue weighted by molar-refractivity contribution is -0.149. The van der Waals surface area contributed by atoms with Crippen molar-refractivity contribution in [2.75, 3.05) is 13.2 Å². The van der Waals surface area contributed by atoms with E-state index in [2.05, 4.69) is 6.92 Å². The summed E-state index contributed by atoms with van der Waals surface area (Å²) in [6.45, 7) is 7.02. The average Bonchev–Trinajstić information content (AvgIpc) is 2.13. The molecule has 0 rings (SSSR count). The van der Waals surface area contributed by atoms with Crippen molar-refractivity contribution in [1.82, 2.24) is 0 Å². The quantitative estimate of drug-likeness (QED) is 0.506. The number of hydrogen-bond donors (Lipinski definition) is 1. The van der Waals surface area contributed by atoms with E-state index in [4.69, 9.17) is 10.5 Å². The van der Waals surface area contributed by atoms with Crippen molar-refractivity contribution in [2.24, 2.45) is 17.6 Å². The first-order valence-electron chi connectivity index (χ1n) is 5.50. The van der Waals surface area contributed by atoms with Crippen LogP contribution >= 0.6 is 0 Å². The fourth-order valence-corrected chi connectivity index (χ4v) is 1.27. The molecule has 0 saturated heterocycles. The third-order valence-electron chi connectivity index (χ3n) is 2.35. The van der Waals surface area contributed by atoms with Crippen LogP contribution in [0.2, 0.25) is 0 Å². The number of hydrogen-bond acceptors (Lipinski definition) is 3. The monoisotopic (exact) mass is 201 g/mol. The zero-order valence-corrected chi connectivity index (χ0v) is 9.58. The highest BCUT2D eigenvalue weighted by molar-refractivity contribution is 5.72. The van der Waals surface area contributed by atoms with Gasteiger partial charge < -0.3 is 10.5 Å². The Hall–Kier alpha value is -0.570. The minimum Gasteiger partial charge on any atom is -0.465 e. The Kier molecular flexibility index (Phi) is 7.48. The van der Waals surface area contributed by atoms with E-state index in [1.165, 1.54) is 0 Å². The molecule has 3 nitrogen and oxygen atoms in total. The predicted octanol–water partition coefficient (Wildman–Crippen LogP) is 1.95. The SMILES string of the molecule is CCCCCOC(=O)C(CN)C(C)C. The Morgan fingerprint density at radius 3 is 2.43 bits per heavy atom. The molecule has 0 amide bonds. The summed E-state index contributed by atoms with van der Waals surface area (Å²) in [5.41, 5.74) is 5.50. The summed E-state index contributed by atoms with van der Waals surface area (Å²) >= 11 is 0. The number of carbonyl (C=O) groups is 1. The first-order chi connectivity index (χ1) is 6.63. The molecule has 0 aromatic heterocycles. The number of rotatable bonds is 7. The number of ether oxygens (including phenoxy) is 1. The van der Waals surface area contributed by atoms with Crippen LogP contribution in [-0.4, -0.2) is 19.1 Å².